The van der Waals surface area contributed by atoms with Crippen LogP contribution >= 0.6 is 0 Å². The molecule has 0 saturated carbocycles. The van der Waals surface area contributed by atoms with Crippen molar-refractivity contribution in [1.82, 2.24) is 0 Å². The Labute approximate surface area is 71.2 Å². The summed E-state index contributed by atoms with van der Waals surface area (Å²) in [6.45, 7) is 5.35. The molecule has 1 N–H and O–H groups in total. The van der Waals surface area contributed by atoms with Crippen LogP contribution in [0.4, 0.5) is 0 Å². The molecule has 1 aromatic carbocycles. The van der Waals surface area contributed by atoms with Gasteiger partial charge in [0.25, 0.3) is 0 Å². The van der Waals surface area contributed by atoms with Gasteiger partial charge in [0, 0.05) is 0 Å². The molecule has 0 aromatic heterocycles. The summed E-state index contributed by atoms with van der Waals surface area (Å²) in [6, 6.07) is 7.29. The molecule has 0 spiro atoms. The van der Waals surface area contributed by atoms with Crippen molar-refractivity contribution in [3.8, 4) is 0 Å². The normalized spacial score (nSPS) is 9.42. The third-order valence-electron chi connectivity index (χ3n) is 1.73. The van der Waals surface area contributed by atoms with Gasteiger partial charge in [0.05, 0.1) is 5.57 Å². The molecule has 0 aliphatic carbocycles. The Balaban J connectivity index is 3.11. The van der Waals surface area contributed by atoms with Crippen molar-refractivity contribution < 1.29 is 9.90 Å². The predicted octanol–water partition coefficient (Wildman–Crippen LogP) is 2.09. The number of carboxylic acids is 1. The molecule has 0 aliphatic rings. The highest BCUT2D eigenvalue weighted by Crippen LogP contribution is 2.16. The molecule has 0 unspecified atom stereocenters. The lowest BCUT2D eigenvalue weighted by Crippen LogP contribution is -1.99. The van der Waals surface area contributed by atoms with Gasteiger partial charge in [-0.3, -0.25) is 0 Å². The van der Waals surface area contributed by atoms with Crippen LogP contribution in [0.15, 0.2) is 30.8 Å². The molecule has 2 nitrogen and oxygen atoms in total. The molecular weight excluding hydrogens is 152 g/mol. The lowest BCUT2D eigenvalue weighted by molar-refractivity contribution is -0.130. The van der Waals surface area contributed by atoms with Gasteiger partial charge >= 0.3 is 5.97 Å². The lowest BCUT2D eigenvalue weighted by atomic mass is 10.0. The number of aryl methyl sites for hydroxylation is 1. The van der Waals surface area contributed by atoms with Crippen molar-refractivity contribution in [3.63, 3.8) is 0 Å². The first kappa shape index (κ1) is 8.53. The van der Waals surface area contributed by atoms with Crippen molar-refractivity contribution in [3.05, 3.63) is 42.0 Å². The Kier molecular flexibility index (Phi) is 2.29. The fraction of sp³-hybridized carbons (Fsp3) is 0.100. The predicted molar refractivity (Wildman–Crippen MR) is 47.8 cm³/mol. The highest BCUT2D eigenvalue weighted by molar-refractivity contribution is 6.14. The van der Waals surface area contributed by atoms with Gasteiger partial charge < -0.3 is 5.11 Å². The molecule has 12 heavy (non-hydrogen) atoms. The zero-order valence-electron chi connectivity index (χ0n) is 6.87. The van der Waals surface area contributed by atoms with Crippen LogP contribution < -0.4 is 0 Å². The van der Waals surface area contributed by atoms with E-state index >= 15 is 0 Å². The van der Waals surface area contributed by atoms with Gasteiger partial charge in [-0.2, -0.15) is 0 Å². The minimum absolute atomic E-state index is 0.146. The highest BCUT2D eigenvalue weighted by atomic mass is 16.4. The Morgan fingerprint density at radius 1 is 1.42 bits per heavy atom. The van der Waals surface area contributed by atoms with Crippen LogP contribution in [0.5, 0.6) is 0 Å². The van der Waals surface area contributed by atoms with Gasteiger partial charge in [0.2, 0.25) is 0 Å². The van der Waals surface area contributed by atoms with Crippen molar-refractivity contribution in [2.24, 2.45) is 0 Å². The Bertz CT molecular complexity index is 326. The van der Waals surface area contributed by atoms with Crippen LogP contribution in [-0.4, -0.2) is 11.1 Å². The first-order chi connectivity index (χ1) is 5.63. The van der Waals surface area contributed by atoms with Gasteiger partial charge in [-0.25, -0.2) is 4.79 Å². The molecule has 0 fully saturated rings. The third kappa shape index (κ3) is 1.53. The maximum atomic E-state index is 10.6. The molecule has 0 heterocycles. The number of carboxylic acid groups (broad SMARTS) is 1. The number of carbonyl (C=O) groups is 1. The quantitative estimate of drug-likeness (QED) is 0.676. The minimum Gasteiger partial charge on any atom is -0.478 e. The molecule has 62 valence electrons. The van der Waals surface area contributed by atoms with E-state index in [4.69, 9.17) is 5.11 Å². The van der Waals surface area contributed by atoms with Crippen LogP contribution in [0, 0.1) is 6.92 Å². The van der Waals surface area contributed by atoms with Gasteiger partial charge in [-0.05, 0) is 18.1 Å². The molecule has 1 aromatic rings. The zero-order chi connectivity index (χ0) is 9.14. The van der Waals surface area contributed by atoms with E-state index in [1.54, 1.807) is 12.1 Å². The van der Waals surface area contributed by atoms with E-state index < -0.39 is 5.97 Å². The Morgan fingerprint density at radius 2 is 2.00 bits per heavy atom. The fourth-order valence-corrected chi connectivity index (χ4v) is 1.03. The van der Waals surface area contributed by atoms with Gasteiger partial charge in [0.1, 0.15) is 0 Å². The van der Waals surface area contributed by atoms with E-state index in [1.807, 2.05) is 19.1 Å². The van der Waals surface area contributed by atoms with E-state index in [-0.39, 0.29) is 5.57 Å². The van der Waals surface area contributed by atoms with Gasteiger partial charge in [-0.15, -0.1) is 0 Å². The van der Waals surface area contributed by atoms with Gasteiger partial charge in [-0.1, -0.05) is 30.8 Å². The molecule has 1 rings (SSSR count). The maximum absolute atomic E-state index is 10.6. The second-order valence-electron chi connectivity index (χ2n) is 2.60. The van der Waals surface area contributed by atoms with Crippen molar-refractivity contribution in [2.45, 2.75) is 6.92 Å². The summed E-state index contributed by atoms with van der Waals surface area (Å²) in [6.07, 6.45) is 0. The number of aliphatic carboxylic acids is 1. The first-order valence-corrected chi connectivity index (χ1v) is 3.61. The summed E-state index contributed by atoms with van der Waals surface area (Å²) in [4.78, 5) is 10.6. The third-order valence-corrected chi connectivity index (χ3v) is 1.73. The largest absolute Gasteiger partial charge is 0.478 e. The van der Waals surface area contributed by atoms with E-state index in [0.29, 0.717) is 5.56 Å². The first-order valence-electron chi connectivity index (χ1n) is 3.61. The molecule has 0 amide bonds. The lowest BCUT2D eigenvalue weighted by Gasteiger charge is -2.03. The van der Waals surface area contributed by atoms with Gasteiger partial charge in [0.15, 0.2) is 0 Å². The number of rotatable bonds is 2. The minimum atomic E-state index is -0.968. The Morgan fingerprint density at radius 3 is 2.50 bits per heavy atom. The molecule has 0 aliphatic heterocycles. The molecule has 0 radical (unpaired) electrons. The van der Waals surface area contributed by atoms with Crippen LogP contribution in [-0.2, 0) is 4.79 Å². The summed E-state index contributed by atoms with van der Waals surface area (Å²) in [5, 5.41) is 8.66. The number of hydrogen-bond donors (Lipinski definition) is 1. The number of hydrogen-bond acceptors (Lipinski definition) is 1. The van der Waals surface area contributed by atoms with Crippen LogP contribution in [0.2, 0.25) is 0 Å². The van der Waals surface area contributed by atoms with Crippen LogP contribution in [0.3, 0.4) is 0 Å². The van der Waals surface area contributed by atoms with Crippen LogP contribution in [0.25, 0.3) is 5.57 Å². The summed E-state index contributed by atoms with van der Waals surface area (Å²) < 4.78 is 0. The van der Waals surface area contributed by atoms with Crippen molar-refractivity contribution >= 4 is 11.5 Å². The monoisotopic (exact) mass is 162 g/mol. The molecule has 0 saturated heterocycles. The average molecular weight is 162 g/mol. The second kappa shape index (κ2) is 3.22. The SMILES string of the molecule is C=C(C(=O)O)c1ccccc1C. The topological polar surface area (TPSA) is 37.3 Å². The second-order valence-corrected chi connectivity index (χ2v) is 2.60. The summed E-state index contributed by atoms with van der Waals surface area (Å²) in [7, 11) is 0. The van der Waals surface area contributed by atoms with E-state index in [2.05, 4.69) is 6.58 Å². The fourth-order valence-electron chi connectivity index (χ4n) is 1.03. The summed E-state index contributed by atoms with van der Waals surface area (Å²) in [5.41, 5.74) is 1.78. The average Bonchev–Trinajstić information content (AvgIpc) is 2.04. The van der Waals surface area contributed by atoms with Crippen molar-refractivity contribution in [1.29, 1.82) is 0 Å². The molecule has 0 atom stereocenters. The maximum Gasteiger partial charge on any atom is 0.335 e. The highest BCUT2D eigenvalue weighted by Gasteiger charge is 2.08. The molecule has 0 bridgehead atoms. The van der Waals surface area contributed by atoms with E-state index in [9.17, 15) is 4.79 Å². The summed E-state index contributed by atoms with van der Waals surface area (Å²) >= 11 is 0. The molecule has 2 heteroatoms. The Hall–Kier alpha value is -1.57. The zero-order valence-corrected chi connectivity index (χ0v) is 6.87. The van der Waals surface area contributed by atoms with Crippen LogP contribution in [0.1, 0.15) is 11.1 Å². The molecular formula is C10H10O2. The van der Waals surface area contributed by atoms with E-state index in [0.717, 1.165) is 5.56 Å². The van der Waals surface area contributed by atoms with E-state index in [1.165, 1.54) is 0 Å². The smallest absolute Gasteiger partial charge is 0.335 e. The summed E-state index contributed by atoms with van der Waals surface area (Å²) in [5.74, 6) is -0.968. The standard InChI is InChI=1S/C10H10O2/c1-7-5-3-4-6-9(7)8(2)10(11)12/h3-6H,2H2,1H3,(H,11,12). The van der Waals surface area contributed by atoms with Crippen molar-refractivity contribution in [2.75, 3.05) is 0 Å². The number of benzene rings is 1.